The zero-order chi connectivity index (χ0) is 21.5. The molecule has 1 fully saturated rings. The summed E-state index contributed by atoms with van der Waals surface area (Å²) in [4.78, 5) is 17.1. The molecule has 2 aromatic rings. The van der Waals surface area contributed by atoms with Gasteiger partial charge >= 0.3 is 0 Å². The van der Waals surface area contributed by atoms with Crippen molar-refractivity contribution in [2.45, 2.75) is 32.4 Å². The molecule has 0 aliphatic carbocycles. The highest BCUT2D eigenvalue weighted by Crippen LogP contribution is 2.19. The maximum Gasteiger partial charge on any atom is 0.251 e. The van der Waals surface area contributed by atoms with Crippen LogP contribution in [0.5, 0.6) is 5.75 Å². The first-order valence-electron chi connectivity index (χ1n) is 10.6. The second-order valence-corrected chi connectivity index (χ2v) is 9.16. The molecule has 5 nitrogen and oxygen atoms in total. The summed E-state index contributed by atoms with van der Waals surface area (Å²) >= 11 is 3.48. The maximum absolute atomic E-state index is 12.6. The van der Waals surface area contributed by atoms with Crippen molar-refractivity contribution in [2.75, 3.05) is 40.3 Å². The summed E-state index contributed by atoms with van der Waals surface area (Å²) in [7, 11) is 4.15. The Bertz CT molecular complexity index is 839. The number of nitrogens with zero attached hydrogens (tertiary/aromatic N) is 2. The van der Waals surface area contributed by atoms with E-state index in [1.807, 2.05) is 25.1 Å². The standard InChI is InChI=1S/C24H32BrN3O2/c1-18-15-20(7-10-23(18)25)24(29)26-21-11-13-28(17-21)16-19-5-8-22(9-6-19)30-14-4-12-27(2)3/h5-10,15,21H,4,11-14,16-17H2,1-3H3,(H,26,29)/t21-/m0/s1. The molecule has 1 amide bonds. The SMILES string of the molecule is Cc1cc(C(=O)N[C@H]2CCN(Cc3ccc(OCCCN(C)C)cc3)C2)ccc1Br. The Labute approximate surface area is 188 Å². The third-order valence-electron chi connectivity index (χ3n) is 5.38. The number of aryl methyl sites for hydroxylation is 1. The summed E-state index contributed by atoms with van der Waals surface area (Å²) in [6, 6.07) is 14.3. The zero-order valence-corrected chi connectivity index (χ0v) is 19.7. The van der Waals surface area contributed by atoms with Crippen molar-refractivity contribution >= 4 is 21.8 Å². The van der Waals surface area contributed by atoms with Crippen LogP contribution in [-0.2, 0) is 6.54 Å². The van der Waals surface area contributed by atoms with E-state index in [0.717, 1.165) is 67.0 Å². The molecule has 1 atom stereocenters. The Kier molecular flexibility index (Phi) is 8.31. The number of hydrogen-bond acceptors (Lipinski definition) is 4. The number of carbonyl (C=O) groups is 1. The Morgan fingerprint density at radius 2 is 2.00 bits per heavy atom. The van der Waals surface area contributed by atoms with E-state index in [1.165, 1.54) is 5.56 Å². The molecule has 162 valence electrons. The summed E-state index contributed by atoms with van der Waals surface area (Å²) in [5, 5.41) is 3.18. The summed E-state index contributed by atoms with van der Waals surface area (Å²) in [5.41, 5.74) is 3.06. The third-order valence-corrected chi connectivity index (χ3v) is 6.27. The fraction of sp³-hybridized carbons (Fsp3) is 0.458. The Morgan fingerprint density at radius 1 is 1.23 bits per heavy atom. The van der Waals surface area contributed by atoms with Crippen LogP contribution >= 0.6 is 15.9 Å². The van der Waals surface area contributed by atoms with Crippen LogP contribution in [0.1, 0.15) is 34.3 Å². The van der Waals surface area contributed by atoms with Crippen molar-refractivity contribution in [1.82, 2.24) is 15.1 Å². The average Bonchev–Trinajstić information content (AvgIpc) is 3.15. The molecule has 30 heavy (non-hydrogen) atoms. The molecule has 0 unspecified atom stereocenters. The van der Waals surface area contributed by atoms with Crippen LogP contribution in [-0.4, -0.2) is 62.1 Å². The Hall–Kier alpha value is -1.89. The minimum absolute atomic E-state index is 0.00761. The number of carbonyl (C=O) groups excluding carboxylic acids is 1. The van der Waals surface area contributed by atoms with Gasteiger partial charge in [0.15, 0.2) is 0 Å². The molecule has 0 aromatic heterocycles. The number of amides is 1. The van der Waals surface area contributed by atoms with Crippen molar-refractivity contribution in [2.24, 2.45) is 0 Å². The van der Waals surface area contributed by atoms with E-state index in [2.05, 4.69) is 69.4 Å². The second-order valence-electron chi connectivity index (χ2n) is 8.31. The number of rotatable bonds is 9. The van der Waals surface area contributed by atoms with Gasteiger partial charge in [-0.1, -0.05) is 28.1 Å². The largest absolute Gasteiger partial charge is 0.494 e. The minimum atomic E-state index is 0.00761. The van der Waals surface area contributed by atoms with Gasteiger partial charge in [0.25, 0.3) is 5.91 Å². The van der Waals surface area contributed by atoms with Gasteiger partial charge in [-0.2, -0.15) is 0 Å². The topological polar surface area (TPSA) is 44.8 Å². The fourth-order valence-corrected chi connectivity index (χ4v) is 3.92. The van der Waals surface area contributed by atoms with E-state index in [0.29, 0.717) is 0 Å². The molecule has 1 aliphatic rings. The lowest BCUT2D eigenvalue weighted by molar-refractivity contribution is 0.0937. The first kappa shape index (κ1) is 22.8. The van der Waals surface area contributed by atoms with Crippen LogP contribution in [0.15, 0.2) is 46.9 Å². The lowest BCUT2D eigenvalue weighted by Crippen LogP contribution is -2.37. The summed E-state index contributed by atoms with van der Waals surface area (Å²) in [6.45, 7) is 6.54. The monoisotopic (exact) mass is 473 g/mol. The van der Waals surface area contributed by atoms with Gasteiger partial charge < -0.3 is 15.0 Å². The third kappa shape index (κ3) is 6.83. The average molecular weight is 474 g/mol. The summed E-state index contributed by atoms with van der Waals surface area (Å²) in [6.07, 6.45) is 2.00. The number of hydrogen-bond donors (Lipinski definition) is 1. The van der Waals surface area contributed by atoms with Crippen LogP contribution in [0.2, 0.25) is 0 Å². The van der Waals surface area contributed by atoms with Gasteiger partial charge in [-0.05, 0) is 75.3 Å². The predicted molar refractivity (Wildman–Crippen MR) is 125 cm³/mol. The fourth-order valence-electron chi connectivity index (χ4n) is 3.67. The van der Waals surface area contributed by atoms with Gasteiger partial charge in [0.05, 0.1) is 6.61 Å². The number of halogens is 1. The summed E-state index contributed by atoms with van der Waals surface area (Å²) in [5.74, 6) is 0.932. The van der Waals surface area contributed by atoms with E-state index in [1.54, 1.807) is 0 Å². The van der Waals surface area contributed by atoms with Gasteiger partial charge in [0, 0.05) is 42.3 Å². The molecule has 0 spiro atoms. The smallest absolute Gasteiger partial charge is 0.251 e. The van der Waals surface area contributed by atoms with Crippen LogP contribution in [0, 0.1) is 6.92 Å². The number of ether oxygens (including phenoxy) is 1. The van der Waals surface area contributed by atoms with Crippen LogP contribution in [0.3, 0.4) is 0 Å². The Morgan fingerprint density at radius 3 is 2.70 bits per heavy atom. The van der Waals surface area contributed by atoms with Gasteiger partial charge in [0.1, 0.15) is 5.75 Å². The van der Waals surface area contributed by atoms with Gasteiger partial charge in [-0.25, -0.2) is 0 Å². The molecule has 6 heteroatoms. The van der Waals surface area contributed by atoms with Crippen LogP contribution < -0.4 is 10.1 Å². The highest BCUT2D eigenvalue weighted by molar-refractivity contribution is 9.10. The van der Waals surface area contributed by atoms with E-state index in [-0.39, 0.29) is 11.9 Å². The number of benzene rings is 2. The molecule has 1 heterocycles. The molecule has 0 bridgehead atoms. The first-order chi connectivity index (χ1) is 14.4. The highest BCUT2D eigenvalue weighted by atomic mass is 79.9. The van der Waals surface area contributed by atoms with E-state index >= 15 is 0 Å². The highest BCUT2D eigenvalue weighted by Gasteiger charge is 2.24. The molecule has 1 aliphatic heterocycles. The van der Waals surface area contributed by atoms with Gasteiger partial charge in [-0.15, -0.1) is 0 Å². The molecule has 2 aromatic carbocycles. The number of likely N-dealkylation sites (tertiary alicyclic amines) is 1. The van der Waals surface area contributed by atoms with E-state index in [9.17, 15) is 4.79 Å². The molecular weight excluding hydrogens is 442 g/mol. The minimum Gasteiger partial charge on any atom is -0.494 e. The van der Waals surface area contributed by atoms with Crippen molar-refractivity contribution < 1.29 is 9.53 Å². The van der Waals surface area contributed by atoms with Crippen molar-refractivity contribution in [1.29, 1.82) is 0 Å². The van der Waals surface area contributed by atoms with Crippen molar-refractivity contribution in [3.63, 3.8) is 0 Å². The van der Waals surface area contributed by atoms with Crippen LogP contribution in [0.4, 0.5) is 0 Å². The number of nitrogens with one attached hydrogen (secondary N) is 1. The quantitative estimate of drug-likeness (QED) is 0.557. The lowest BCUT2D eigenvalue weighted by atomic mass is 10.1. The molecule has 1 saturated heterocycles. The molecule has 0 radical (unpaired) electrons. The lowest BCUT2D eigenvalue weighted by Gasteiger charge is -2.17. The second kappa shape index (κ2) is 10.9. The van der Waals surface area contributed by atoms with E-state index < -0.39 is 0 Å². The van der Waals surface area contributed by atoms with Crippen LogP contribution in [0.25, 0.3) is 0 Å². The van der Waals surface area contributed by atoms with Gasteiger partial charge in [-0.3, -0.25) is 9.69 Å². The normalized spacial score (nSPS) is 16.8. The maximum atomic E-state index is 12.6. The molecule has 1 N–H and O–H groups in total. The van der Waals surface area contributed by atoms with Crippen molar-refractivity contribution in [3.8, 4) is 5.75 Å². The van der Waals surface area contributed by atoms with E-state index in [4.69, 9.17) is 4.74 Å². The Balaban J connectivity index is 1.43. The predicted octanol–water partition coefficient (Wildman–Crippen LogP) is 4.09. The zero-order valence-electron chi connectivity index (χ0n) is 18.2. The van der Waals surface area contributed by atoms with Gasteiger partial charge in [0.2, 0.25) is 0 Å². The molecule has 0 saturated carbocycles. The molecular formula is C24H32BrN3O2. The van der Waals surface area contributed by atoms with Crippen molar-refractivity contribution in [3.05, 3.63) is 63.6 Å². The first-order valence-corrected chi connectivity index (χ1v) is 11.4. The molecule has 3 rings (SSSR count). The summed E-state index contributed by atoms with van der Waals surface area (Å²) < 4.78 is 6.83.